The first-order valence-corrected chi connectivity index (χ1v) is 15.7. The van der Waals surface area contributed by atoms with E-state index in [-0.39, 0.29) is 16.0 Å². The van der Waals surface area contributed by atoms with Crippen LogP contribution >= 0.6 is 11.6 Å². The van der Waals surface area contributed by atoms with Crippen LogP contribution in [0.3, 0.4) is 0 Å². The number of hydrogen-bond donors (Lipinski definition) is 0. The molecule has 0 atom stereocenters. The van der Waals surface area contributed by atoms with Gasteiger partial charge in [-0.3, -0.25) is 9.36 Å². The zero-order valence-electron chi connectivity index (χ0n) is 24.4. The Balaban J connectivity index is 0.000000348. The summed E-state index contributed by atoms with van der Waals surface area (Å²) in [5.74, 6) is 4.89. The first kappa shape index (κ1) is 28.9. The van der Waals surface area contributed by atoms with Crippen molar-refractivity contribution in [1.82, 2.24) is 14.5 Å². The summed E-state index contributed by atoms with van der Waals surface area (Å²) < 4.78 is 2.23. The van der Waals surface area contributed by atoms with Crippen molar-refractivity contribution in [1.29, 1.82) is 0 Å². The number of hydrogen-bond acceptors (Lipinski definition) is 3. The van der Waals surface area contributed by atoms with E-state index in [1.165, 1.54) is 68.2 Å². The number of terminal acetylenes is 1. The van der Waals surface area contributed by atoms with Crippen LogP contribution in [0.5, 0.6) is 0 Å². The van der Waals surface area contributed by atoms with Crippen molar-refractivity contribution >= 4 is 22.7 Å². The molecular weight excluding hydrogens is 514 g/mol. The minimum Gasteiger partial charge on any atom is -0.306 e. The predicted octanol–water partition coefficient (Wildman–Crippen LogP) is 8.05. The third kappa shape index (κ3) is 5.48. The van der Waals surface area contributed by atoms with Crippen molar-refractivity contribution in [3.63, 3.8) is 0 Å². The molecule has 5 heteroatoms. The molecule has 2 aromatic rings. The second kappa shape index (κ2) is 12.5. The largest absolute Gasteiger partial charge is 0.306 e. The van der Waals surface area contributed by atoms with E-state index < -0.39 is 0 Å². The lowest BCUT2D eigenvalue weighted by atomic mass is 9.69. The lowest BCUT2D eigenvalue weighted by Gasteiger charge is -2.34. The standard InChI is InChI=1S/C27H32ClN3O.C8H12/c1-4-8-22-24(18(2)28)25(32)29-26-27(13-6-5-7-14-27)21-10-9-20(17-23(21)31(22)26)19-11-15-30(3)16-12-19;1-2-8-6-4-3-5-7-8/h4,8-10,17,19H,2,5-7,11-16H2,1,3H3;1,8H,3-7H2/b8-4-;. The number of piperidine rings is 1. The maximum atomic E-state index is 13.1. The summed E-state index contributed by atoms with van der Waals surface area (Å²) in [7, 11) is 2.20. The summed E-state index contributed by atoms with van der Waals surface area (Å²) in [6, 6.07) is 7.05. The van der Waals surface area contributed by atoms with Crippen LogP contribution < -0.4 is 5.56 Å². The van der Waals surface area contributed by atoms with Gasteiger partial charge in [-0.1, -0.05) is 74.9 Å². The summed E-state index contributed by atoms with van der Waals surface area (Å²) in [6.45, 7) is 8.13. The zero-order chi connectivity index (χ0) is 28.3. The minimum absolute atomic E-state index is 0.180. The lowest BCUT2D eigenvalue weighted by molar-refractivity contribution is 0.255. The molecule has 2 aliphatic heterocycles. The molecule has 0 bridgehead atoms. The maximum absolute atomic E-state index is 13.1. The molecule has 2 aliphatic carbocycles. The Morgan fingerprint density at radius 2 is 1.77 bits per heavy atom. The Morgan fingerprint density at radius 3 is 2.38 bits per heavy atom. The van der Waals surface area contributed by atoms with Crippen molar-refractivity contribution in [2.75, 3.05) is 20.1 Å². The zero-order valence-corrected chi connectivity index (χ0v) is 25.1. The van der Waals surface area contributed by atoms with Gasteiger partial charge in [-0.15, -0.1) is 12.3 Å². The lowest BCUT2D eigenvalue weighted by Crippen LogP contribution is -2.33. The number of nitrogens with zero attached hydrogens (tertiary/aromatic N) is 3. The smallest absolute Gasteiger partial charge is 0.282 e. The Hall–Kier alpha value is -2.61. The van der Waals surface area contributed by atoms with E-state index in [1.807, 2.05) is 19.1 Å². The molecule has 2 saturated carbocycles. The van der Waals surface area contributed by atoms with Gasteiger partial charge < -0.3 is 4.90 Å². The van der Waals surface area contributed by atoms with Crippen molar-refractivity contribution in [2.24, 2.45) is 5.92 Å². The third-order valence-electron chi connectivity index (χ3n) is 9.67. The van der Waals surface area contributed by atoms with Gasteiger partial charge in [0.1, 0.15) is 5.82 Å². The molecular formula is C35H44ClN3O. The van der Waals surface area contributed by atoms with Crippen LogP contribution in [-0.2, 0) is 5.41 Å². The summed E-state index contributed by atoms with van der Waals surface area (Å²) in [4.78, 5) is 20.2. The highest BCUT2D eigenvalue weighted by atomic mass is 35.5. The Kier molecular flexibility index (Phi) is 9.03. The van der Waals surface area contributed by atoms with E-state index >= 15 is 0 Å². The summed E-state index contributed by atoms with van der Waals surface area (Å²) in [5, 5.41) is 0.253. The van der Waals surface area contributed by atoms with Crippen LogP contribution in [0.15, 0.2) is 35.6 Å². The third-order valence-corrected chi connectivity index (χ3v) is 9.86. The highest BCUT2D eigenvalue weighted by Crippen LogP contribution is 2.52. The number of halogens is 1. The molecule has 4 aliphatic rings. The van der Waals surface area contributed by atoms with Gasteiger partial charge in [-0.2, -0.15) is 4.98 Å². The molecule has 1 saturated heterocycles. The normalized spacial score (nSPS) is 20.9. The Morgan fingerprint density at radius 1 is 1.10 bits per heavy atom. The van der Waals surface area contributed by atoms with Gasteiger partial charge in [0.05, 0.1) is 22.4 Å². The average Bonchev–Trinajstić information content (AvgIpc) is 3.22. The molecule has 40 heavy (non-hydrogen) atoms. The van der Waals surface area contributed by atoms with Crippen molar-refractivity contribution in [3.05, 3.63) is 69.4 Å². The number of rotatable bonds is 3. The van der Waals surface area contributed by atoms with Crippen LogP contribution in [0.2, 0.25) is 0 Å². The van der Waals surface area contributed by atoms with Gasteiger partial charge in [0.25, 0.3) is 5.56 Å². The topological polar surface area (TPSA) is 38.1 Å². The van der Waals surface area contributed by atoms with Gasteiger partial charge in [0.2, 0.25) is 0 Å². The highest BCUT2D eigenvalue weighted by Gasteiger charge is 2.47. The maximum Gasteiger partial charge on any atom is 0.282 e. The number of likely N-dealkylation sites (tertiary alicyclic amines) is 1. The fourth-order valence-corrected chi connectivity index (χ4v) is 7.62. The van der Waals surface area contributed by atoms with Crippen molar-refractivity contribution in [2.45, 2.75) is 95.3 Å². The molecule has 6 rings (SSSR count). The quantitative estimate of drug-likeness (QED) is 0.358. The van der Waals surface area contributed by atoms with Crippen LogP contribution in [0.1, 0.15) is 118 Å². The van der Waals surface area contributed by atoms with Crippen LogP contribution in [-0.4, -0.2) is 34.6 Å². The van der Waals surface area contributed by atoms with Gasteiger partial charge in [0, 0.05) is 11.0 Å². The van der Waals surface area contributed by atoms with Gasteiger partial charge in [-0.25, -0.2) is 0 Å². The highest BCUT2D eigenvalue weighted by molar-refractivity contribution is 6.48. The first-order valence-electron chi connectivity index (χ1n) is 15.3. The Bertz CT molecular complexity index is 1360. The van der Waals surface area contributed by atoms with Crippen LogP contribution in [0.25, 0.3) is 16.8 Å². The number of aromatic nitrogens is 2. The van der Waals surface area contributed by atoms with Crippen molar-refractivity contribution in [3.8, 4) is 18.0 Å². The first-order chi connectivity index (χ1) is 19.4. The second-order valence-corrected chi connectivity index (χ2v) is 12.7. The summed E-state index contributed by atoms with van der Waals surface area (Å²) >= 11 is 6.34. The van der Waals surface area contributed by atoms with E-state index in [0.29, 0.717) is 17.4 Å². The SMILES string of the molecule is C#CC1CCCCC1.C=C(Cl)c1c(/C=C\C)n2c(nc1=O)C1(CCCCC1)c1ccc(C3CCN(C)CC3)cc1-2. The molecule has 212 valence electrons. The second-order valence-electron chi connectivity index (χ2n) is 12.2. The fourth-order valence-electron chi connectivity index (χ4n) is 7.45. The predicted molar refractivity (Wildman–Crippen MR) is 168 cm³/mol. The van der Waals surface area contributed by atoms with Crippen LogP contribution in [0, 0.1) is 18.3 Å². The molecule has 3 heterocycles. The molecule has 0 unspecified atom stereocenters. The molecule has 0 N–H and O–H groups in total. The molecule has 4 nitrogen and oxygen atoms in total. The molecule has 3 fully saturated rings. The number of fused-ring (bicyclic) bond motifs is 5. The number of benzene rings is 1. The molecule has 1 aromatic carbocycles. The molecule has 1 aromatic heterocycles. The Labute approximate surface area is 245 Å². The van der Waals surface area contributed by atoms with Crippen molar-refractivity contribution < 1.29 is 0 Å². The molecule has 0 radical (unpaired) electrons. The average molecular weight is 558 g/mol. The minimum atomic E-state index is -0.266. The molecule has 1 spiro atoms. The van der Waals surface area contributed by atoms with E-state index in [4.69, 9.17) is 18.0 Å². The van der Waals surface area contributed by atoms with Crippen LogP contribution in [0.4, 0.5) is 0 Å². The van der Waals surface area contributed by atoms with E-state index in [9.17, 15) is 4.79 Å². The van der Waals surface area contributed by atoms with Gasteiger partial charge >= 0.3 is 0 Å². The van der Waals surface area contributed by atoms with E-state index in [0.717, 1.165) is 50.3 Å². The van der Waals surface area contributed by atoms with Gasteiger partial charge in [0.15, 0.2) is 0 Å². The number of allylic oxidation sites excluding steroid dienone is 1. The fraction of sp³-hybridized carbons (Fsp3) is 0.543. The van der Waals surface area contributed by atoms with Gasteiger partial charge in [-0.05, 0) is 94.8 Å². The van der Waals surface area contributed by atoms with E-state index in [1.54, 1.807) is 0 Å². The summed E-state index contributed by atoms with van der Waals surface area (Å²) in [5.41, 5.74) is 4.68. The molecule has 0 amide bonds. The monoisotopic (exact) mass is 557 g/mol. The summed E-state index contributed by atoms with van der Waals surface area (Å²) in [6.07, 6.45) is 23.9. The van der Waals surface area contributed by atoms with E-state index in [2.05, 4.69) is 52.2 Å².